The number of carbonyl (C=O) groups excluding carboxylic acids is 2. The third-order valence-electron chi connectivity index (χ3n) is 12.9. The fourth-order valence-corrected chi connectivity index (χ4v) is 11.9. The summed E-state index contributed by atoms with van der Waals surface area (Å²) in [6.07, 6.45) is 14.5. The minimum atomic E-state index is -3.79. The van der Waals surface area contributed by atoms with E-state index >= 15 is 0 Å². The Morgan fingerprint density at radius 2 is 1.59 bits per heavy atom. The number of hydrogen-bond acceptors (Lipinski definition) is 7. The van der Waals surface area contributed by atoms with Crippen molar-refractivity contribution < 1.29 is 22.7 Å². The Morgan fingerprint density at radius 3 is 2.31 bits per heavy atom. The largest absolute Gasteiger partial charge is 0.497 e. The molecule has 4 fully saturated rings. The lowest BCUT2D eigenvalue weighted by atomic mass is 9.81. The van der Waals surface area contributed by atoms with Crippen LogP contribution in [0.15, 0.2) is 42.6 Å². The summed E-state index contributed by atoms with van der Waals surface area (Å²) >= 11 is 0. The number of ether oxygens (including phenoxy) is 1. The van der Waals surface area contributed by atoms with Crippen LogP contribution in [0.5, 0.6) is 5.75 Å². The number of fused-ring (bicyclic) bond motifs is 7. The number of aromatic nitrogens is 3. The first kappa shape index (κ1) is 35.3. The third kappa shape index (κ3) is 5.96. The van der Waals surface area contributed by atoms with E-state index < -0.39 is 21.2 Å². The molecule has 1 N–H and O–H groups in total. The minimum absolute atomic E-state index is 0.0256. The quantitative estimate of drug-likeness (QED) is 0.227. The highest BCUT2D eigenvalue weighted by molar-refractivity contribution is 7.90. The second kappa shape index (κ2) is 13.7. The van der Waals surface area contributed by atoms with E-state index in [0.29, 0.717) is 36.4 Å². The maximum absolute atomic E-state index is 14.6. The van der Waals surface area contributed by atoms with Gasteiger partial charge in [-0.3, -0.25) is 14.3 Å². The van der Waals surface area contributed by atoms with E-state index in [9.17, 15) is 18.0 Å². The molecule has 2 saturated carbocycles. The Hall–Kier alpha value is -4.42. The summed E-state index contributed by atoms with van der Waals surface area (Å²) in [4.78, 5) is 32.8. The smallest absolute Gasteiger partial charge is 0.264 e. The van der Waals surface area contributed by atoms with Gasteiger partial charge in [-0.15, -0.1) is 0 Å². The fraction of sp³-hybridized carbons (Fsp3) is 0.500. The lowest BCUT2D eigenvalue weighted by molar-refractivity contribution is 0.0472. The van der Waals surface area contributed by atoms with E-state index in [1.807, 2.05) is 29.9 Å². The molecule has 4 aromatic rings. The number of likely N-dealkylation sites (N-methyl/N-ethyl adjacent to an activating group) is 1. The van der Waals surface area contributed by atoms with Crippen LogP contribution in [0.25, 0.3) is 33.8 Å². The van der Waals surface area contributed by atoms with Gasteiger partial charge < -0.3 is 19.1 Å². The standard InChI is InChI=1S/C42H50N6O5S/c1-45-24-30-14-15-31(25-45)48(30)42(50)36-22-43-46(2)39(36)29-19-28-20-32(53-3)16-18-34(28)40-38(26-9-5-4-6-10-26)35-17-13-27(21-37(35)47(40)23-29)41(49)44-54(51,52)33-11-7-8-12-33/h13,16-22,26,30-31,33H,4-12,14-15,23-25H2,1-3H3,(H,44,49). The van der Waals surface area contributed by atoms with Crippen molar-refractivity contribution in [3.63, 3.8) is 0 Å². The Bertz CT molecular complexity index is 2280. The van der Waals surface area contributed by atoms with Crippen LogP contribution in [0, 0.1) is 0 Å². The van der Waals surface area contributed by atoms with Gasteiger partial charge in [0.25, 0.3) is 11.8 Å². The van der Waals surface area contributed by atoms with Crippen molar-refractivity contribution in [3.05, 3.63) is 70.5 Å². The number of sulfonamides is 1. The number of amides is 2. The second-order valence-electron chi connectivity index (χ2n) is 16.3. The van der Waals surface area contributed by atoms with Crippen molar-refractivity contribution >= 4 is 44.4 Å². The Morgan fingerprint density at radius 1 is 0.870 bits per heavy atom. The third-order valence-corrected chi connectivity index (χ3v) is 14.7. The number of likely N-dealkylation sites (tertiary alicyclic amines) is 1. The lowest BCUT2D eigenvalue weighted by Crippen LogP contribution is -2.54. The summed E-state index contributed by atoms with van der Waals surface area (Å²) in [5.41, 5.74) is 7.91. The van der Waals surface area contributed by atoms with Gasteiger partial charge in [0, 0.05) is 54.3 Å². The minimum Gasteiger partial charge on any atom is -0.497 e. The molecule has 284 valence electrons. The number of carbonyl (C=O) groups is 2. The molecule has 3 aliphatic heterocycles. The Balaban J connectivity index is 1.20. The zero-order valence-electron chi connectivity index (χ0n) is 31.5. The number of hydrogen-bond donors (Lipinski definition) is 1. The van der Waals surface area contributed by atoms with Gasteiger partial charge >= 0.3 is 0 Å². The number of nitrogens with one attached hydrogen (secondary N) is 1. The van der Waals surface area contributed by atoms with Crippen molar-refractivity contribution in [2.45, 2.75) is 100 Å². The predicted octanol–water partition coefficient (Wildman–Crippen LogP) is 6.57. The summed E-state index contributed by atoms with van der Waals surface area (Å²) < 4.78 is 38.7. The van der Waals surface area contributed by atoms with Crippen LogP contribution >= 0.6 is 0 Å². The summed E-state index contributed by atoms with van der Waals surface area (Å²) in [6.45, 7) is 2.17. The van der Waals surface area contributed by atoms with E-state index in [-0.39, 0.29) is 18.0 Å². The number of piperazine rings is 1. The van der Waals surface area contributed by atoms with Gasteiger partial charge in [-0.1, -0.05) is 38.2 Å². The van der Waals surface area contributed by atoms with Gasteiger partial charge in [0.05, 0.1) is 42.1 Å². The van der Waals surface area contributed by atoms with Gasteiger partial charge in [-0.2, -0.15) is 5.10 Å². The van der Waals surface area contributed by atoms with Crippen LogP contribution in [0.4, 0.5) is 0 Å². The van der Waals surface area contributed by atoms with E-state index in [4.69, 9.17) is 4.74 Å². The SMILES string of the molecule is COc1ccc2c(c1)C=C(c1c(C(=O)N3C4CCC3CN(C)C4)cnn1C)Cn1c-2c(C2CCCCC2)c2ccc(C(=O)NS(=O)(=O)C3CCCC3)cc21. The molecule has 5 heterocycles. The highest BCUT2D eigenvalue weighted by Gasteiger charge is 2.43. The number of methoxy groups -OCH3 is 1. The molecule has 12 heteroatoms. The molecule has 11 nitrogen and oxygen atoms in total. The zero-order chi connectivity index (χ0) is 37.3. The molecule has 2 unspecified atom stereocenters. The molecule has 9 rings (SSSR count). The average Bonchev–Trinajstić information content (AvgIpc) is 3.94. The number of benzene rings is 2. The van der Waals surface area contributed by atoms with Crippen molar-refractivity contribution in [1.82, 2.24) is 28.9 Å². The first-order valence-electron chi connectivity index (χ1n) is 19.8. The van der Waals surface area contributed by atoms with E-state index in [1.165, 1.54) is 12.0 Å². The maximum Gasteiger partial charge on any atom is 0.264 e. The number of aryl methyl sites for hydroxylation is 1. The maximum atomic E-state index is 14.6. The van der Waals surface area contributed by atoms with Gasteiger partial charge in [-0.25, -0.2) is 13.1 Å². The summed E-state index contributed by atoms with van der Waals surface area (Å²) in [5, 5.41) is 5.23. The van der Waals surface area contributed by atoms with Crippen LogP contribution in [0.2, 0.25) is 0 Å². The molecule has 2 aliphatic carbocycles. The van der Waals surface area contributed by atoms with Crippen LogP contribution in [0.1, 0.15) is 114 Å². The van der Waals surface area contributed by atoms with Crippen molar-refractivity contribution in [3.8, 4) is 17.0 Å². The van der Waals surface area contributed by atoms with Gasteiger partial charge in [0.2, 0.25) is 10.0 Å². The first-order chi connectivity index (χ1) is 26.1. The van der Waals surface area contributed by atoms with Crippen molar-refractivity contribution in [1.29, 1.82) is 0 Å². The summed E-state index contributed by atoms with van der Waals surface area (Å²) in [5.74, 6) is 0.496. The second-order valence-corrected chi connectivity index (χ2v) is 18.2. The van der Waals surface area contributed by atoms with Crippen LogP contribution in [-0.2, 0) is 23.6 Å². The van der Waals surface area contributed by atoms with E-state index in [0.717, 1.165) is 109 Å². The van der Waals surface area contributed by atoms with Crippen LogP contribution < -0.4 is 9.46 Å². The lowest BCUT2D eigenvalue weighted by Gasteiger charge is -2.39. The molecule has 5 aliphatic rings. The highest BCUT2D eigenvalue weighted by atomic mass is 32.2. The summed E-state index contributed by atoms with van der Waals surface area (Å²) in [7, 11) is 1.92. The number of rotatable bonds is 7. The summed E-state index contributed by atoms with van der Waals surface area (Å²) in [6, 6.07) is 12.2. The number of allylic oxidation sites excluding steroid dienone is 1. The molecule has 0 spiro atoms. The predicted molar refractivity (Wildman–Crippen MR) is 210 cm³/mol. The molecule has 2 atom stereocenters. The normalized spacial score (nSPS) is 22.2. The molecule has 2 aromatic carbocycles. The highest BCUT2D eigenvalue weighted by Crippen LogP contribution is 2.48. The average molecular weight is 751 g/mol. The molecule has 2 saturated heterocycles. The molecule has 2 bridgehead atoms. The Labute approximate surface area is 317 Å². The van der Waals surface area contributed by atoms with Crippen molar-refractivity contribution in [2.24, 2.45) is 7.05 Å². The monoisotopic (exact) mass is 750 g/mol. The van der Waals surface area contributed by atoms with Gasteiger partial charge in [-0.05, 0) is 105 Å². The molecule has 2 amide bonds. The van der Waals surface area contributed by atoms with Crippen LogP contribution in [-0.4, -0.2) is 89.0 Å². The first-order valence-corrected chi connectivity index (χ1v) is 21.3. The number of nitrogens with zero attached hydrogens (tertiary/aromatic N) is 5. The Kier molecular flexibility index (Phi) is 8.96. The van der Waals surface area contributed by atoms with Crippen LogP contribution in [0.3, 0.4) is 0 Å². The zero-order valence-corrected chi connectivity index (χ0v) is 32.3. The molecule has 54 heavy (non-hydrogen) atoms. The molecular formula is C42H50N6O5S. The molecule has 0 radical (unpaired) electrons. The van der Waals surface area contributed by atoms with Crippen molar-refractivity contribution in [2.75, 3.05) is 27.2 Å². The van der Waals surface area contributed by atoms with Gasteiger partial charge in [0.1, 0.15) is 5.75 Å². The van der Waals surface area contributed by atoms with E-state index in [1.54, 1.807) is 19.4 Å². The topological polar surface area (TPSA) is 119 Å². The molecular weight excluding hydrogens is 701 g/mol. The fourth-order valence-electron chi connectivity index (χ4n) is 10.4. The van der Waals surface area contributed by atoms with Gasteiger partial charge in [0.15, 0.2) is 0 Å². The van der Waals surface area contributed by atoms with E-state index in [2.05, 4.69) is 49.4 Å². The molecule has 2 aromatic heterocycles.